The Labute approximate surface area is 167 Å². The van der Waals surface area contributed by atoms with Gasteiger partial charge >= 0.3 is 0 Å². The molecule has 138 valence electrons. The van der Waals surface area contributed by atoms with E-state index in [4.69, 9.17) is 11.6 Å². The van der Waals surface area contributed by atoms with Crippen LogP contribution in [0.2, 0.25) is 5.02 Å². The normalized spacial score (nSPS) is 10.6. The smallest absolute Gasteiger partial charge is 0.295 e. The van der Waals surface area contributed by atoms with E-state index >= 15 is 0 Å². The molecule has 28 heavy (non-hydrogen) atoms. The number of nitrogens with zero attached hydrogens (tertiary/aromatic N) is 3. The fourth-order valence-corrected chi connectivity index (χ4v) is 3.01. The highest BCUT2D eigenvalue weighted by atomic mass is 35.5. The second kappa shape index (κ2) is 7.66. The zero-order valence-corrected chi connectivity index (χ0v) is 15.9. The van der Waals surface area contributed by atoms with Crippen molar-refractivity contribution in [3.05, 3.63) is 95.3 Å². The third-order valence-electron chi connectivity index (χ3n) is 4.29. The molecular weight excluding hydrogens is 372 g/mol. The van der Waals surface area contributed by atoms with Gasteiger partial charge in [0.25, 0.3) is 5.91 Å². The van der Waals surface area contributed by atoms with Crippen LogP contribution in [0.1, 0.15) is 16.2 Å². The average Bonchev–Trinajstić information content (AvgIpc) is 3.18. The monoisotopic (exact) mass is 388 g/mol. The molecule has 1 N–H and O–H groups in total. The maximum absolute atomic E-state index is 12.8. The zero-order chi connectivity index (χ0) is 19.5. The molecule has 0 aliphatic heterocycles. The third kappa shape index (κ3) is 3.66. The molecule has 0 aliphatic rings. The lowest BCUT2D eigenvalue weighted by atomic mass is 10.2. The predicted octanol–water partition coefficient (Wildman–Crippen LogP) is 5.15. The van der Waals surface area contributed by atoms with E-state index in [2.05, 4.69) is 15.4 Å². The summed E-state index contributed by atoms with van der Waals surface area (Å²) in [5.74, 6) is 0.291. The molecular formula is C22H17ClN4O. The van der Waals surface area contributed by atoms with Gasteiger partial charge in [-0.05, 0) is 36.8 Å². The largest absolute Gasteiger partial charge is 0.319 e. The summed E-state index contributed by atoms with van der Waals surface area (Å²) in [5.41, 5.74) is 3.24. The van der Waals surface area contributed by atoms with Gasteiger partial charge in [0, 0.05) is 16.3 Å². The molecule has 4 rings (SSSR count). The van der Waals surface area contributed by atoms with Gasteiger partial charge in [0.1, 0.15) is 0 Å². The van der Waals surface area contributed by atoms with Crippen LogP contribution in [0.15, 0.2) is 78.9 Å². The van der Waals surface area contributed by atoms with E-state index < -0.39 is 5.91 Å². The number of halogens is 1. The van der Waals surface area contributed by atoms with E-state index in [0.29, 0.717) is 16.5 Å². The summed E-state index contributed by atoms with van der Waals surface area (Å²) in [6.07, 6.45) is 0. The van der Waals surface area contributed by atoms with Crippen molar-refractivity contribution in [3.8, 4) is 17.1 Å². The molecule has 0 radical (unpaired) electrons. The van der Waals surface area contributed by atoms with Crippen LogP contribution < -0.4 is 5.32 Å². The third-order valence-corrected chi connectivity index (χ3v) is 4.53. The highest BCUT2D eigenvalue weighted by Crippen LogP contribution is 2.23. The van der Waals surface area contributed by atoms with Gasteiger partial charge in [-0.1, -0.05) is 66.2 Å². The average molecular weight is 389 g/mol. The van der Waals surface area contributed by atoms with E-state index in [1.165, 1.54) is 0 Å². The molecule has 0 atom stereocenters. The summed E-state index contributed by atoms with van der Waals surface area (Å²) < 4.78 is 1.68. The first kappa shape index (κ1) is 17.9. The van der Waals surface area contributed by atoms with Gasteiger partial charge in [0.2, 0.25) is 5.82 Å². The number of hydrogen-bond acceptors (Lipinski definition) is 3. The van der Waals surface area contributed by atoms with Crippen LogP contribution in [0, 0.1) is 6.92 Å². The number of aromatic nitrogens is 3. The van der Waals surface area contributed by atoms with Gasteiger partial charge in [0.05, 0.1) is 5.69 Å². The van der Waals surface area contributed by atoms with E-state index in [-0.39, 0.29) is 5.82 Å². The van der Waals surface area contributed by atoms with Gasteiger partial charge < -0.3 is 5.32 Å². The van der Waals surface area contributed by atoms with E-state index in [1.54, 1.807) is 16.8 Å². The number of para-hydroxylation sites is 1. The first-order chi connectivity index (χ1) is 13.6. The number of carbonyl (C=O) groups is 1. The van der Waals surface area contributed by atoms with Gasteiger partial charge in [-0.2, -0.15) is 0 Å². The van der Waals surface area contributed by atoms with Crippen LogP contribution in [-0.4, -0.2) is 20.7 Å². The van der Waals surface area contributed by atoms with Crippen molar-refractivity contribution in [3.63, 3.8) is 0 Å². The lowest BCUT2D eigenvalue weighted by Crippen LogP contribution is -2.15. The summed E-state index contributed by atoms with van der Waals surface area (Å²) in [5, 5.41) is 7.86. The molecule has 0 fully saturated rings. The highest BCUT2D eigenvalue weighted by Gasteiger charge is 2.19. The van der Waals surface area contributed by atoms with Crippen molar-refractivity contribution in [2.75, 3.05) is 5.32 Å². The number of aryl methyl sites for hydroxylation is 1. The minimum Gasteiger partial charge on any atom is -0.319 e. The molecule has 4 aromatic rings. The number of hydrogen-bond donors (Lipinski definition) is 1. The Hall–Kier alpha value is -3.44. The summed E-state index contributed by atoms with van der Waals surface area (Å²) in [6.45, 7) is 1.90. The van der Waals surface area contributed by atoms with Crippen LogP contribution in [0.3, 0.4) is 0 Å². The van der Waals surface area contributed by atoms with Crippen LogP contribution in [0.4, 0.5) is 5.69 Å². The summed E-state index contributed by atoms with van der Waals surface area (Å²) in [7, 11) is 0. The minimum absolute atomic E-state index is 0.0853. The van der Waals surface area contributed by atoms with Crippen molar-refractivity contribution in [2.45, 2.75) is 6.92 Å². The van der Waals surface area contributed by atoms with Crippen LogP contribution in [-0.2, 0) is 0 Å². The van der Waals surface area contributed by atoms with Gasteiger partial charge in [-0.25, -0.2) is 9.67 Å². The van der Waals surface area contributed by atoms with E-state index in [9.17, 15) is 4.79 Å². The Bertz CT molecular complexity index is 1070. The molecule has 0 aliphatic carbocycles. The number of anilines is 1. The van der Waals surface area contributed by atoms with Gasteiger partial charge in [0.15, 0.2) is 5.82 Å². The van der Waals surface area contributed by atoms with Crippen molar-refractivity contribution in [2.24, 2.45) is 0 Å². The summed E-state index contributed by atoms with van der Waals surface area (Å²) in [4.78, 5) is 17.3. The maximum Gasteiger partial charge on any atom is 0.295 e. The van der Waals surface area contributed by atoms with Crippen LogP contribution in [0.5, 0.6) is 0 Å². The molecule has 0 bridgehead atoms. The van der Waals surface area contributed by atoms with Crippen molar-refractivity contribution < 1.29 is 4.79 Å². The van der Waals surface area contributed by atoms with Crippen molar-refractivity contribution >= 4 is 23.2 Å². The van der Waals surface area contributed by atoms with Crippen molar-refractivity contribution in [1.29, 1.82) is 0 Å². The van der Waals surface area contributed by atoms with E-state index in [0.717, 1.165) is 16.8 Å². The Morgan fingerprint density at radius 1 is 0.964 bits per heavy atom. The Morgan fingerprint density at radius 2 is 1.64 bits per heavy atom. The number of amides is 1. The number of carbonyl (C=O) groups excluding carboxylic acids is 1. The number of rotatable bonds is 4. The minimum atomic E-state index is -0.391. The molecule has 0 spiro atoms. The predicted molar refractivity (Wildman–Crippen MR) is 111 cm³/mol. The fraction of sp³-hybridized carbons (Fsp3) is 0.0455. The second-order valence-electron chi connectivity index (χ2n) is 6.29. The molecule has 0 unspecified atom stereocenters. The number of benzene rings is 3. The molecule has 1 aromatic heterocycles. The second-order valence-corrected chi connectivity index (χ2v) is 6.72. The number of nitrogens with one attached hydrogen (secondary N) is 1. The molecule has 1 amide bonds. The summed E-state index contributed by atoms with van der Waals surface area (Å²) >= 11 is 6.05. The Morgan fingerprint density at radius 3 is 2.36 bits per heavy atom. The fourth-order valence-electron chi connectivity index (χ4n) is 2.84. The Kier molecular flexibility index (Phi) is 4.91. The molecule has 0 saturated heterocycles. The standard InChI is InChI=1S/C22H17ClN4O/c1-15-12-13-17(23)14-19(15)24-22(28)20-25-21(16-8-4-2-5-9-16)27(26-20)18-10-6-3-7-11-18/h2-14H,1H3,(H,24,28). The lowest BCUT2D eigenvalue weighted by molar-refractivity contribution is 0.101. The van der Waals surface area contributed by atoms with Crippen molar-refractivity contribution in [1.82, 2.24) is 14.8 Å². The van der Waals surface area contributed by atoms with Gasteiger partial charge in [-0.3, -0.25) is 4.79 Å². The summed E-state index contributed by atoms with van der Waals surface area (Å²) in [6, 6.07) is 24.6. The molecule has 0 saturated carbocycles. The quantitative estimate of drug-likeness (QED) is 0.526. The molecule has 1 heterocycles. The maximum atomic E-state index is 12.8. The first-order valence-electron chi connectivity index (χ1n) is 8.77. The van der Waals surface area contributed by atoms with E-state index in [1.807, 2.05) is 73.7 Å². The molecule has 6 heteroatoms. The SMILES string of the molecule is Cc1ccc(Cl)cc1NC(=O)c1nc(-c2ccccc2)n(-c2ccccc2)n1. The molecule has 3 aromatic carbocycles. The zero-order valence-electron chi connectivity index (χ0n) is 15.1. The topological polar surface area (TPSA) is 59.8 Å². The van der Waals surface area contributed by atoms with Crippen LogP contribution in [0.25, 0.3) is 17.1 Å². The van der Waals surface area contributed by atoms with Crippen LogP contribution >= 0.6 is 11.6 Å². The highest BCUT2D eigenvalue weighted by molar-refractivity contribution is 6.31. The molecule has 5 nitrogen and oxygen atoms in total. The van der Waals surface area contributed by atoms with Gasteiger partial charge in [-0.15, -0.1) is 5.10 Å². The first-order valence-corrected chi connectivity index (χ1v) is 9.15. The Balaban J connectivity index is 1.75. The lowest BCUT2D eigenvalue weighted by Gasteiger charge is -2.06.